The lowest BCUT2D eigenvalue weighted by atomic mass is 10.2. The lowest BCUT2D eigenvalue weighted by Gasteiger charge is -2.28. The van der Waals surface area contributed by atoms with Crippen LogP contribution >= 0.6 is 0 Å². The fraction of sp³-hybridized carbons (Fsp3) is 0.190. The van der Waals surface area contributed by atoms with E-state index in [1.54, 1.807) is 24.3 Å². The molecule has 0 bridgehead atoms. The minimum atomic E-state index is -0.491. The number of rotatable bonds is 5. The number of carbonyl (C=O) groups excluding carboxylic acids is 3. The molecule has 0 saturated heterocycles. The van der Waals surface area contributed by atoms with Gasteiger partial charge in [-0.25, -0.2) is 0 Å². The van der Waals surface area contributed by atoms with E-state index in [-0.39, 0.29) is 31.4 Å². The Balaban J connectivity index is 1.28. The summed E-state index contributed by atoms with van der Waals surface area (Å²) in [5.41, 5.74) is 6.35. The fourth-order valence-electron chi connectivity index (χ4n) is 3.27. The molecular weight excluding hydrogens is 372 g/mol. The molecule has 4 rings (SSSR count). The fourth-order valence-corrected chi connectivity index (χ4v) is 3.27. The van der Waals surface area contributed by atoms with Crippen LogP contribution in [0.1, 0.15) is 6.42 Å². The molecule has 0 atom stereocenters. The van der Waals surface area contributed by atoms with E-state index in [1.165, 1.54) is 4.90 Å². The summed E-state index contributed by atoms with van der Waals surface area (Å²) >= 11 is 0. The minimum Gasteiger partial charge on any atom is -0.482 e. The van der Waals surface area contributed by atoms with Crippen molar-refractivity contribution in [3.8, 4) is 5.75 Å². The summed E-state index contributed by atoms with van der Waals surface area (Å²) in [4.78, 5) is 37.7. The minimum absolute atomic E-state index is 0.124. The average Bonchev–Trinajstić information content (AvgIpc) is 3.16. The topological polar surface area (TPSA) is 92.7 Å². The number of nitrogens with one attached hydrogen (secondary N) is 2. The lowest BCUT2D eigenvalue weighted by molar-refractivity contribution is -0.129. The van der Waals surface area contributed by atoms with Crippen LogP contribution in [0.5, 0.6) is 5.75 Å². The van der Waals surface area contributed by atoms with Crippen molar-refractivity contribution in [2.75, 3.05) is 18.1 Å². The van der Waals surface area contributed by atoms with Gasteiger partial charge in [-0.2, -0.15) is 0 Å². The second-order valence-electron chi connectivity index (χ2n) is 6.65. The third kappa shape index (κ3) is 4.06. The van der Waals surface area contributed by atoms with Crippen LogP contribution in [0.25, 0.3) is 10.9 Å². The van der Waals surface area contributed by atoms with Crippen molar-refractivity contribution in [3.63, 3.8) is 0 Å². The molecular formula is C21H20N4O4. The number of fused-ring (bicyclic) bond motifs is 2. The van der Waals surface area contributed by atoms with Crippen LogP contribution in [-0.2, 0) is 20.9 Å². The number of hydrazine groups is 1. The Bertz CT molecular complexity index is 1080. The number of benzene rings is 2. The summed E-state index contributed by atoms with van der Waals surface area (Å²) in [5, 5.41) is 1.11. The summed E-state index contributed by atoms with van der Waals surface area (Å²) in [6, 6.07) is 16.9. The quantitative estimate of drug-likeness (QED) is 0.645. The van der Waals surface area contributed by atoms with Gasteiger partial charge in [-0.3, -0.25) is 30.1 Å². The smallest absolute Gasteiger partial charge is 0.265 e. The van der Waals surface area contributed by atoms with Gasteiger partial charge in [-0.15, -0.1) is 0 Å². The zero-order valence-corrected chi connectivity index (χ0v) is 15.6. The molecule has 0 radical (unpaired) electrons. The van der Waals surface area contributed by atoms with Crippen molar-refractivity contribution in [2.45, 2.75) is 13.0 Å². The summed E-state index contributed by atoms with van der Waals surface area (Å²) in [6.45, 7) is 0.160. The highest BCUT2D eigenvalue weighted by molar-refractivity contribution is 6.02. The molecule has 3 amide bonds. The number of para-hydroxylation sites is 3. The Labute approximate surface area is 167 Å². The number of hydrogen-bond donors (Lipinski definition) is 2. The molecule has 0 saturated carbocycles. The van der Waals surface area contributed by atoms with Gasteiger partial charge in [-0.1, -0.05) is 30.3 Å². The summed E-state index contributed by atoms with van der Waals surface area (Å²) in [7, 11) is 0. The van der Waals surface area contributed by atoms with Gasteiger partial charge < -0.3 is 9.30 Å². The van der Waals surface area contributed by atoms with Crippen molar-refractivity contribution in [3.05, 3.63) is 60.8 Å². The van der Waals surface area contributed by atoms with E-state index < -0.39 is 5.91 Å². The summed E-state index contributed by atoms with van der Waals surface area (Å²) in [5.74, 6) is -0.577. The molecule has 2 aromatic carbocycles. The maximum Gasteiger partial charge on any atom is 0.265 e. The first-order valence-electron chi connectivity index (χ1n) is 9.25. The first-order chi connectivity index (χ1) is 14.1. The molecule has 1 aromatic heterocycles. The van der Waals surface area contributed by atoms with Gasteiger partial charge in [0.2, 0.25) is 5.91 Å². The molecule has 29 heavy (non-hydrogen) atoms. The van der Waals surface area contributed by atoms with Crippen molar-refractivity contribution >= 4 is 34.3 Å². The first kappa shape index (κ1) is 18.5. The summed E-state index contributed by atoms with van der Waals surface area (Å²) in [6.07, 6.45) is 2.14. The second-order valence-corrected chi connectivity index (χ2v) is 6.65. The van der Waals surface area contributed by atoms with Crippen molar-refractivity contribution in [1.29, 1.82) is 0 Å². The molecule has 1 aliphatic heterocycles. The number of aromatic nitrogens is 1. The van der Waals surface area contributed by atoms with Crippen LogP contribution in [0.4, 0.5) is 5.69 Å². The van der Waals surface area contributed by atoms with E-state index in [9.17, 15) is 14.4 Å². The Hall–Kier alpha value is -3.81. The van der Waals surface area contributed by atoms with Crippen LogP contribution in [-0.4, -0.2) is 35.4 Å². The number of hydrogen-bond acceptors (Lipinski definition) is 4. The molecule has 0 spiro atoms. The first-order valence-corrected chi connectivity index (χ1v) is 9.25. The number of anilines is 1. The Morgan fingerprint density at radius 1 is 0.966 bits per heavy atom. The van der Waals surface area contributed by atoms with E-state index in [2.05, 4.69) is 10.9 Å². The standard InChI is InChI=1S/C21H20N4O4/c26-19(10-12-24-11-9-15-5-1-2-6-16(15)24)22-23-20(27)13-25-17-7-3-4-8-18(17)29-14-21(25)28/h1-9,11H,10,12-14H2,(H,22,26)(H,23,27). The van der Waals surface area contributed by atoms with E-state index in [0.717, 1.165) is 10.9 Å². The largest absolute Gasteiger partial charge is 0.482 e. The Morgan fingerprint density at radius 2 is 1.72 bits per heavy atom. The van der Waals surface area contributed by atoms with Gasteiger partial charge in [-0.05, 0) is 29.7 Å². The van der Waals surface area contributed by atoms with Crippen LogP contribution in [0.3, 0.4) is 0 Å². The molecule has 0 unspecified atom stereocenters. The molecule has 148 valence electrons. The van der Waals surface area contributed by atoms with Crippen molar-refractivity contribution in [2.24, 2.45) is 0 Å². The second kappa shape index (κ2) is 8.05. The molecule has 3 aromatic rings. The van der Waals surface area contributed by atoms with E-state index >= 15 is 0 Å². The molecule has 1 aliphatic rings. The molecule has 2 heterocycles. The predicted molar refractivity (Wildman–Crippen MR) is 107 cm³/mol. The monoisotopic (exact) mass is 392 g/mol. The van der Waals surface area contributed by atoms with Gasteiger partial charge in [0.05, 0.1) is 5.69 Å². The van der Waals surface area contributed by atoms with Gasteiger partial charge in [0.15, 0.2) is 6.61 Å². The Kier molecular flexibility index (Phi) is 5.15. The lowest BCUT2D eigenvalue weighted by Crippen LogP contribution is -2.49. The van der Waals surface area contributed by atoms with Crippen LogP contribution in [0.15, 0.2) is 60.8 Å². The highest BCUT2D eigenvalue weighted by atomic mass is 16.5. The zero-order chi connectivity index (χ0) is 20.2. The number of nitrogens with zero attached hydrogens (tertiary/aromatic N) is 2. The van der Waals surface area contributed by atoms with Crippen molar-refractivity contribution < 1.29 is 19.1 Å². The molecule has 0 fully saturated rings. The van der Waals surface area contributed by atoms with Crippen LogP contribution in [0.2, 0.25) is 0 Å². The van der Waals surface area contributed by atoms with E-state index in [4.69, 9.17) is 4.74 Å². The zero-order valence-electron chi connectivity index (χ0n) is 15.6. The van der Waals surface area contributed by atoms with Crippen LogP contribution in [0, 0.1) is 0 Å². The van der Waals surface area contributed by atoms with Crippen LogP contribution < -0.4 is 20.5 Å². The highest BCUT2D eigenvalue weighted by Gasteiger charge is 2.27. The number of carbonyl (C=O) groups is 3. The van der Waals surface area contributed by atoms with Crippen molar-refractivity contribution in [1.82, 2.24) is 15.4 Å². The maximum atomic E-state index is 12.2. The number of ether oxygens (including phenoxy) is 1. The molecule has 8 heteroatoms. The summed E-state index contributed by atoms with van der Waals surface area (Å²) < 4.78 is 7.33. The maximum absolute atomic E-state index is 12.2. The average molecular weight is 392 g/mol. The number of amides is 3. The Morgan fingerprint density at radius 3 is 2.62 bits per heavy atom. The molecule has 0 aliphatic carbocycles. The third-order valence-electron chi connectivity index (χ3n) is 4.71. The predicted octanol–water partition coefficient (Wildman–Crippen LogP) is 1.60. The number of aryl methyl sites for hydroxylation is 1. The highest BCUT2D eigenvalue weighted by Crippen LogP contribution is 2.31. The van der Waals surface area contributed by atoms with Gasteiger partial charge >= 0.3 is 0 Å². The van der Waals surface area contributed by atoms with Gasteiger partial charge in [0.25, 0.3) is 11.8 Å². The molecule has 8 nitrogen and oxygen atoms in total. The van der Waals surface area contributed by atoms with E-state index in [0.29, 0.717) is 18.0 Å². The SMILES string of the molecule is O=C(CCn1ccc2ccccc21)NNC(=O)CN1C(=O)COc2ccccc21. The normalized spacial score (nSPS) is 13.0. The van der Waals surface area contributed by atoms with E-state index in [1.807, 2.05) is 41.1 Å². The molecule has 2 N–H and O–H groups in total. The van der Waals surface area contributed by atoms with Gasteiger partial charge in [0.1, 0.15) is 12.3 Å². The van der Waals surface area contributed by atoms with Gasteiger partial charge in [0, 0.05) is 24.7 Å². The third-order valence-corrected chi connectivity index (χ3v) is 4.71.